The van der Waals surface area contributed by atoms with Crippen molar-refractivity contribution in [3.63, 3.8) is 0 Å². The zero-order valence-electron chi connectivity index (χ0n) is 9.06. The highest BCUT2D eigenvalue weighted by atomic mass is 16.5. The van der Waals surface area contributed by atoms with Crippen LogP contribution in [0.5, 0.6) is 0 Å². The van der Waals surface area contributed by atoms with Crippen LogP contribution in [0.2, 0.25) is 0 Å². The van der Waals surface area contributed by atoms with Crippen LogP contribution in [0, 0.1) is 5.92 Å². The highest BCUT2D eigenvalue weighted by Gasteiger charge is 2.43. The molecule has 6 nitrogen and oxygen atoms in total. The number of nitrogens with one attached hydrogen (secondary N) is 1. The molecule has 0 bridgehead atoms. The molecule has 0 aromatic carbocycles. The lowest BCUT2D eigenvalue weighted by molar-refractivity contribution is -0.150. The first-order valence-electron chi connectivity index (χ1n) is 5.26. The van der Waals surface area contributed by atoms with Gasteiger partial charge in [-0.2, -0.15) is 0 Å². The van der Waals surface area contributed by atoms with Crippen LogP contribution >= 0.6 is 0 Å². The Balaban J connectivity index is 2.09. The zero-order chi connectivity index (χ0) is 11.7. The molecule has 1 saturated heterocycles. The molecule has 1 aliphatic carbocycles. The predicted octanol–water partition coefficient (Wildman–Crippen LogP) is -1.10. The maximum atomic E-state index is 11.6. The number of carbonyl (C=O) groups is 3. The van der Waals surface area contributed by atoms with Gasteiger partial charge in [-0.05, 0) is 18.8 Å². The second-order valence-electron chi connectivity index (χ2n) is 4.18. The van der Waals surface area contributed by atoms with Gasteiger partial charge in [0.15, 0.2) is 0 Å². The maximum Gasteiger partial charge on any atom is 0.323 e. The normalized spacial score (nSPS) is 23.8. The van der Waals surface area contributed by atoms with Crippen molar-refractivity contribution in [2.45, 2.75) is 18.9 Å². The van der Waals surface area contributed by atoms with E-state index in [0.29, 0.717) is 0 Å². The number of esters is 1. The van der Waals surface area contributed by atoms with Gasteiger partial charge in [0.25, 0.3) is 0 Å². The first kappa shape index (κ1) is 11.1. The Labute approximate surface area is 92.9 Å². The molecule has 1 aliphatic heterocycles. The number of hydrogen-bond acceptors (Lipinski definition) is 5. The van der Waals surface area contributed by atoms with E-state index in [1.54, 1.807) is 4.90 Å². The van der Waals surface area contributed by atoms with Gasteiger partial charge in [0.2, 0.25) is 11.8 Å². The molecule has 0 spiro atoms. The topological polar surface area (TPSA) is 75.7 Å². The van der Waals surface area contributed by atoms with Crippen molar-refractivity contribution in [2.24, 2.45) is 5.92 Å². The average molecular weight is 226 g/mol. The number of hydrogen-bond donors (Lipinski definition) is 1. The molecule has 88 valence electrons. The fourth-order valence-electron chi connectivity index (χ4n) is 2.03. The monoisotopic (exact) mass is 226 g/mol. The number of methoxy groups -OCH3 is 1. The van der Waals surface area contributed by atoms with Crippen molar-refractivity contribution in [1.29, 1.82) is 0 Å². The molecular weight excluding hydrogens is 212 g/mol. The molecule has 0 radical (unpaired) electrons. The minimum atomic E-state index is -0.444. The lowest BCUT2D eigenvalue weighted by atomic mass is 10.1. The van der Waals surface area contributed by atoms with E-state index >= 15 is 0 Å². The zero-order valence-corrected chi connectivity index (χ0v) is 9.06. The van der Waals surface area contributed by atoms with E-state index in [-0.39, 0.29) is 36.8 Å². The van der Waals surface area contributed by atoms with E-state index in [2.05, 4.69) is 5.32 Å². The molecule has 1 atom stereocenters. The fourth-order valence-corrected chi connectivity index (χ4v) is 2.03. The number of ether oxygens (including phenoxy) is 1. The predicted molar refractivity (Wildman–Crippen MR) is 53.3 cm³/mol. The molecular formula is C10H14N2O4. The molecule has 6 heteroatoms. The van der Waals surface area contributed by atoms with Crippen molar-refractivity contribution in [1.82, 2.24) is 10.2 Å². The molecule has 16 heavy (non-hydrogen) atoms. The van der Waals surface area contributed by atoms with E-state index in [9.17, 15) is 14.4 Å². The summed E-state index contributed by atoms with van der Waals surface area (Å²) < 4.78 is 4.71. The van der Waals surface area contributed by atoms with Crippen LogP contribution in [0.15, 0.2) is 0 Å². The summed E-state index contributed by atoms with van der Waals surface area (Å²) in [6.45, 7) is 0.171. The molecule has 0 aromatic rings. The largest absolute Gasteiger partial charge is 0.468 e. The van der Waals surface area contributed by atoms with Gasteiger partial charge in [-0.15, -0.1) is 0 Å². The maximum absolute atomic E-state index is 11.6. The van der Waals surface area contributed by atoms with Crippen molar-refractivity contribution < 1.29 is 19.1 Å². The third kappa shape index (κ3) is 2.21. The first-order valence-corrected chi connectivity index (χ1v) is 5.26. The Morgan fingerprint density at radius 1 is 1.38 bits per heavy atom. The molecule has 2 amide bonds. The van der Waals surface area contributed by atoms with Crippen molar-refractivity contribution in [3.8, 4) is 0 Å². The summed E-state index contributed by atoms with van der Waals surface area (Å²) in [5, 5.41) is 2.21. The van der Waals surface area contributed by atoms with Crippen molar-refractivity contribution in [3.05, 3.63) is 0 Å². The van der Waals surface area contributed by atoms with Crippen LogP contribution in [0.1, 0.15) is 12.8 Å². The lowest BCUT2D eigenvalue weighted by Crippen LogP contribution is -2.57. The number of rotatable bonds is 3. The van der Waals surface area contributed by atoms with Crippen LogP contribution < -0.4 is 5.32 Å². The summed E-state index contributed by atoms with van der Waals surface area (Å²) in [6, 6.07) is -0.444. The van der Waals surface area contributed by atoms with Gasteiger partial charge in [0, 0.05) is 0 Å². The lowest BCUT2D eigenvalue weighted by Gasteiger charge is -2.31. The second-order valence-corrected chi connectivity index (χ2v) is 4.18. The molecule has 2 aliphatic rings. The number of nitrogens with zero attached hydrogens (tertiary/aromatic N) is 1. The van der Waals surface area contributed by atoms with Crippen molar-refractivity contribution in [2.75, 3.05) is 20.2 Å². The Bertz CT molecular complexity index is 322. The van der Waals surface area contributed by atoms with E-state index < -0.39 is 6.04 Å². The molecule has 1 N–H and O–H groups in total. The smallest absolute Gasteiger partial charge is 0.323 e. The highest BCUT2D eigenvalue weighted by Crippen LogP contribution is 2.36. The Kier molecular flexibility index (Phi) is 2.91. The van der Waals surface area contributed by atoms with E-state index in [4.69, 9.17) is 4.74 Å². The van der Waals surface area contributed by atoms with Crippen LogP contribution in [-0.4, -0.2) is 48.9 Å². The number of amides is 2. The summed E-state index contributed by atoms with van der Waals surface area (Å²) in [6.07, 6.45) is 1.90. The first-order chi connectivity index (χ1) is 7.61. The third-order valence-electron chi connectivity index (χ3n) is 2.88. The fraction of sp³-hybridized carbons (Fsp3) is 0.700. The van der Waals surface area contributed by atoms with Gasteiger partial charge in [-0.25, -0.2) is 0 Å². The van der Waals surface area contributed by atoms with Crippen LogP contribution in [0.3, 0.4) is 0 Å². The molecule has 1 saturated carbocycles. The number of piperazine rings is 1. The summed E-state index contributed by atoms with van der Waals surface area (Å²) >= 11 is 0. The van der Waals surface area contributed by atoms with Crippen LogP contribution in [-0.2, 0) is 19.1 Å². The SMILES string of the molecule is COC(=O)C(C1CC1)N1CC(=O)NC(=O)C1. The van der Waals surface area contributed by atoms with Gasteiger partial charge in [0.1, 0.15) is 6.04 Å². The second kappa shape index (κ2) is 4.21. The Morgan fingerprint density at radius 3 is 2.38 bits per heavy atom. The Hall–Kier alpha value is -1.43. The van der Waals surface area contributed by atoms with E-state index in [0.717, 1.165) is 12.8 Å². The molecule has 1 unspecified atom stereocenters. The van der Waals surface area contributed by atoms with E-state index in [1.807, 2.05) is 0 Å². The summed E-state index contributed by atoms with van der Waals surface area (Å²) in [5.41, 5.74) is 0. The standard InChI is InChI=1S/C10H14N2O4/c1-16-10(15)9(6-2-3-6)12-4-7(13)11-8(14)5-12/h6,9H,2-5H2,1H3,(H,11,13,14). The average Bonchev–Trinajstić information content (AvgIpc) is 3.00. The van der Waals surface area contributed by atoms with Gasteiger partial charge in [-0.3, -0.25) is 24.6 Å². The molecule has 1 heterocycles. The minimum Gasteiger partial charge on any atom is -0.468 e. The quantitative estimate of drug-likeness (QED) is 0.488. The molecule has 2 fully saturated rings. The van der Waals surface area contributed by atoms with E-state index in [1.165, 1.54) is 7.11 Å². The third-order valence-corrected chi connectivity index (χ3v) is 2.88. The van der Waals surface area contributed by atoms with Crippen LogP contribution in [0.4, 0.5) is 0 Å². The van der Waals surface area contributed by atoms with Crippen LogP contribution in [0.25, 0.3) is 0 Å². The molecule has 2 rings (SSSR count). The molecule has 0 aromatic heterocycles. The Morgan fingerprint density at radius 2 is 1.94 bits per heavy atom. The summed E-state index contributed by atoms with van der Waals surface area (Å²) in [4.78, 5) is 35.6. The minimum absolute atomic E-state index is 0.0853. The summed E-state index contributed by atoms with van der Waals surface area (Å²) in [7, 11) is 1.32. The summed E-state index contributed by atoms with van der Waals surface area (Å²) in [5.74, 6) is -0.840. The highest BCUT2D eigenvalue weighted by molar-refractivity contribution is 5.99. The van der Waals surface area contributed by atoms with Gasteiger partial charge >= 0.3 is 5.97 Å². The number of imide groups is 1. The van der Waals surface area contributed by atoms with Gasteiger partial charge in [-0.1, -0.05) is 0 Å². The number of carbonyl (C=O) groups excluding carboxylic acids is 3. The van der Waals surface area contributed by atoms with Gasteiger partial charge < -0.3 is 4.74 Å². The van der Waals surface area contributed by atoms with Gasteiger partial charge in [0.05, 0.1) is 20.2 Å². The van der Waals surface area contributed by atoms with Crippen molar-refractivity contribution >= 4 is 17.8 Å².